The average Bonchev–Trinajstić information content (AvgIpc) is 2.80. The van der Waals surface area contributed by atoms with Gasteiger partial charge in [0.15, 0.2) is 5.60 Å². The van der Waals surface area contributed by atoms with E-state index in [4.69, 9.17) is 21.1 Å². The van der Waals surface area contributed by atoms with E-state index < -0.39 is 42.0 Å². The van der Waals surface area contributed by atoms with Crippen molar-refractivity contribution in [3.05, 3.63) is 58.6 Å². The number of hydrogen-bond donors (Lipinski definition) is 1. The van der Waals surface area contributed by atoms with Gasteiger partial charge in [-0.2, -0.15) is 13.2 Å². The lowest BCUT2D eigenvalue weighted by molar-refractivity contribution is -0.282. The normalized spacial score (nSPS) is 22.8. The summed E-state index contributed by atoms with van der Waals surface area (Å²) in [6.45, 7) is 1.86. The van der Waals surface area contributed by atoms with E-state index in [1.165, 1.54) is 0 Å². The van der Waals surface area contributed by atoms with Crippen LogP contribution in [-0.4, -0.2) is 43.4 Å². The highest BCUT2D eigenvalue weighted by Crippen LogP contribution is 2.47. The molecule has 0 atom stereocenters. The lowest BCUT2D eigenvalue weighted by Crippen LogP contribution is -2.62. The van der Waals surface area contributed by atoms with Crippen LogP contribution in [0.3, 0.4) is 0 Å². The number of amides is 1. The Morgan fingerprint density at radius 2 is 1.59 bits per heavy atom. The van der Waals surface area contributed by atoms with Crippen molar-refractivity contribution in [1.82, 2.24) is 5.32 Å². The van der Waals surface area contributed by atoms with E-state index in [0.29, 0.717) is 5.02 Å². The van der Waals surface area contributed by atoms with Crippen LogP contribution in [0.15, 0.2) is 42.5 Å². The number of nitrogens with one attached hydrogen (secondary N) is 1. The Morgan fingerprint density at radius 1 is 1.00 bits per heavy atom. The first-order valence-electron chi connectivity index (χ1n) is 10.8. The highest BCUT2D eigenvalue weighted by Gasteiger charge is 2.60. The van der Waals surface area contributed by atoms with Crippen LogP contribution in [0.25, 0.3) is 11.1 Å². The van der Waals surface area contributed by atoms with Crippen molar-refractivity contribution >= 4 is 23.5 Å². The second kappa shape index (κ2) is 9.96. The van der Waals surface area contributed by atoms with Gasteiger partial charge in [0, 0.05) is 12.1 Å². The molecule has 0 saturated heterocycles. The number of halogens is 4. The zero-order valence-electron chi connectivity index (χ0n) is 19.2. The summed E-state index contributed by atoms with van der Waals surface area (Å²) in [5, 5.41) is 3.30. The standard InChI is InChI=1S/C25H27ClF3NO4/c1-16-4-5-18(17-6-8-20(26)9-7-17)14-19(16)15-21(31)30-23(22(32)33-2)10-12-24(34-3,13-11-23)25(27,28)29/h4-9,14H,10-13,15H2,1-3H3,(H,30,31). The molecule has 0 aromatic heterocycles. The minimum atomic E-state index is -4.59. The van der Waals surface area contributed by atoms with Crippen LogP contribution in [0.1, 0.15) is 36.8 Å². The molecule has 3 rings (SSSR count). The number of hydrogen-bond acceptors (Lipinski definition) is 4. The molecular weight excluding hydrogens is 471 g/mol. The molecule has 1 N–H and O–H groups in total. The summed E-state index contributed by atoms with van der Waals surface area (Å²) in [7, 11) is 2.16. The monoisotopic (exact) mass is 497 g/mol. The maximum absolute atomic E-state index is 13.6. The van der Waals surface area contributed by atoms with E-state index in [1.807, 2.05) is 37.3 Å². The van der Waals surface area contributed by atoms with Crippen molar-refractivity contribution < 1.29 is 32.2 Å². The molecule has 1 saturated carbocycles. The third kappa shape index (κ3) is 5.23. The van der Waals surface area contributed by atoms with Gasteiger partial charge in [0.1, 0.15) is 5.54 Å². The van der Waals surface area contributed by atoms with Gasteiger partial charge in [-0.1, -0.05) is 41.9 Å². The highest BCUT2D eigenvalue weighted by molar-refractivity contribution is 6.30. The minimum Gasteiger partial charge on any atom is -0.467 e. The molecule has 1 fully saturated rings. The van der Waals surface area contributed by atoms with Gasteiger partial charge in [-0.15, -0.1) is 0 Å². The van der Waals surface area contributed by atoms with Crippen molar-refractivity contribution in [2.75, 3.05) is 14.2 Å². The molecule has 9 heteroatoms. The summed E-state index contributed by atoms with van der Waals surface area (Å²) in [5.41, 5.74) is -0.464. The molecule has 5 nitrogen and oxygen atoms in total. The summed E-state index contributed by atoms with van der Waals surface area (Å²) in [6.07, 6.45) is -6.06. The Morgan fingerprint density at radius 3 is 2.12 bits per heavy atom. The summed E-state index contributed by atoms with van der Waals surface area (Å²) < 4.78 is 50.5. The first-order chi connectivity index (χ1) is 15.9. The molecular formula is C25H27ClF3NO4. The first-order valence-corrected chi connectivity index (χ1v) is 11.2. The van der Waals surface area contributed by atoms with Crippen molar-refractivity contribution in [1.29, 1.82) is 0 Å². The molecule has 0 unspecified atom stereocenters. The van der Waals surface area contributed by atoms with Crippen LogP contribution in [0, 0.1) is 6.92 Å². The topological polar surface area (TPSA) is 64.6 Å². The van der Waals surface area contributed by atoms with E-state index in [9.17, 15) is 22.8 Å². The Kier molecular flexibility index (Phi) is 7.62. The fourth-order valence-corrected chi connectivity index (χ4v) is 4.55. The van der Waals surface area contributed by atoms with Crippen LogP contribution in [-0.2, 0) is 25.5 Å². The molecule has 2 aromatic carbocycles. The molecule has 184 valence electrons. The van der Waals surface area contributed by atoms with Gasteiger partial charge in [-0.3, -0.25) is 4.79 Å². The third-order valence-electron chi connectivity index (χ3n) is 6.65. The SMILES string of the molecule is COC(=O)C1(NC(=O)Cc2cc(-c3ccc(Cl)cc3)ccc2C)CCC(OC)(C(F)(F)F)CC1. The molecule has 0 aliphatic heterocycles. The van der Waals surface area contributed by atoms with Crippen LogP contribution in [0.2, 0.25) is 5.02 Å². The number of ether oxygens (including phenoxy) is 2. The summed E-state index contributed by atoms with van der Waals surface area (Å²) >= 11 is 5.96. The van der Waals surface area contributed by atoms with Crippen LogP contribution >= 0.6 is 11.6 Å². The van der Waals surface area contributed by atoms with Gasteiger partial charge in [0.25, 0.3) is 0 Å². The number of rotatable bonds is 6. The largest absolute Gasteiger partial charge is 0.467 e. The smallest absolute Gasteiger partial charge is 0.417 e. The summed E-state index contributed by atoms with van der Waals surface area (Å²) in [4.78, 5) is 25.6. The molecule has 1 aliphatic rings. The number of aryl methyl sites for hydroxylation is 1. The zero-order chi connectivity index (χ0) is 25.1. The highest BCUT2D eigenvalue weighted by atomic mass is 35.5. The number of carbonyl (C=O) groups excluding carboxylic acids is 2. The molecule has 2 aromatic rings. The molecule has 1 aliphatic carbocycles. The lowest BCUT2D eigenvalue weighted by Gasteiger charge is -2.44. The summed E-state index contributed by atoms with van der Waals surface area (Å²) in [5.74, 6) is -1.24. The Bertz CT molecular complexity index is 1050. The predicted octanol–water partition coefficient (Wildman–Crippen LogP) is 5.41. The molecule has 0 bridgehead atoms. The number of alkyl halides is 3. The molecule has 0 heterocycles. The third-order valence-corrected chi connectivity index (χ3v) is 6.90. The Labute approximate surface area is 201 Å². The Balaban J connectivity index is 1.80. The Hall–Kier alpha value is -2.58. The number of methoxy groups -OCH3 is 2. The first kappa shape index (κ1) is 26.0. The van der Waals surface area contributed by atoms with Crippen LogP contribution in [0.4, 0.5) is 13.2 Å². The van der Waals surface area contributed by atoms with Gasteiger partial charge in [-0.25, -0.2) is 4.79 Å². The van der Waals surface area contributed by atoms with Crippen LogP contribution in [0.5, 0.6) is 0 Å². The maximum Gasteiger partial charge on any atom is 0.417 e. The van der Waals surface area contributed by atoms with Crippen LogP contribution < -0.4 is 5.32 Å². The van der Waals surface area contributed by atoms with Crippen molar-refractivity contribution in [2.45, 2.75) is 56.3 Å². The number of benzene rings is 2. The van der Waals surface area contributed by atoms with E-state index in [1.54, 1.807) is 12.1 Å². The second-order valence-corrected chi connectivity index (χ2v) is 9.08. The minimum absolute atomic E-state index is 0.0410. The lowest BCUT2D eigenvalue weighted by atomic mass is 9.73. The maximum atomic E-state index is 13.6. The van der Waals surface area contributed by atoms with Gasteiger partial charge < -0.3 is 14.8 Å². The predicted molar refractivity (Wildman–Crippen MR) is 122 cm³/mol. The van der Waals surface area contributed by atoms with E-state index in [0.717, 1.165) is 36.5 Å². The van der Waals surface area contributed by atoms with Crippen molar-refractivity contribution in [3.8, 4) is 11.1 Å². The fourth-order valence-electron chi connectivity index (χ4n) is 4.43. The van der Waals surface area contributed by atoms with Gasteiger partial charge >= 0.3 is 12.1 Å². The summed E-state index contributed by atoms with van der Waals surface area (Å²) in [6, 6.07) is 13.0. The molecule has 1 amide bonds. The van der Waals surface area contributed by atoms with E-state index in [-0.39, 0.29) is 19.3 Å². The number of esters is 1. The van der Waals surface area contributed by atoms with E-state index in [2.05, 4.69) is 5.32 Å². The molecule has 0 radical (unpaired) electrons. The number of carbonyl (C=O) groups is 2. The zero-order valence-corrected chi connectivity index (χ0v) is 20.0. The van der Waals surface area contributed by atoms with Gasteiger partial charge in [0.2, 0.25) is 5.91 Å². The quantitative estimate of drug-likeness (QED) is 0.542. The van der Waals surface area contributed by atoms with Crippen molar-refractivity contribution in [2.24, 2.45) is 0 Å². The van der Waals surface area contributed by atoms with Gasteiger partial charge in [0.05, 0.1) is 13.5 Å². The molecule has 34 heavy (non-hydrogen) atoms. The van der Waals surface area contributed by atoms with Gasteiger partial charge in [-0.05, 0) is 67.0 Å². The van der Waals surface area contributed by atoms with Crippen molar-refractivity contribution in [3.63, 3.8) is 0 Å². The average molecular weight is 498 g/mol. The molecule has 0 spiro atoms. The second-order valence-electron chi connectivity index (χ2n) is 8.64. The fraction of sp³-hybridized carbons (Fsp3) is 0.440. The van der Waals surface area contributed by atoms with E-state index >= 15 is 0 Å².